The highest BCUT2D eigenvalue weighted by Gasteiger charge is 2.10. The lowest BCUT2D eigenvalue weighted by Crippen LogP contribution is -1.82. The minimum Gasteiger partial charge on any atom is -0.235 e. The van der Waals surface area contributed by atoms with Crippen LogP contribution in [0.2, 0.25) is 0 Å². The zero-order valence-electron chi connectivity index (χ0n) is 10.0. The number of thiazole rings is 1. The Balaban J connectivity index is 2.03. The Kier molecular flexibility index (Phi) is 3.32. The third kappa shape index (κ3) is 2.28. The third-order valence-corrected chi connectivity index (χ3v) is 5.74. The second-order valence-electron chi connectivity index (χ2n) is 3.82. The average molecular weight is 293 g/mol. The van der Waals surface area contributed by atoms with Crippen LogP contribution in [0.25, 0.3) is 10.2 Å². The van der Waals surface area contributed by atoms with Gasteiger partial charge in [0.15, 0.2) is 4.34 Å². The summed E-state index contributed by atoms with van der Waals surface area (Å²) in [6, 6.07) is 2.20. The van der Waals surface area contributed by atoms with Crippen molar-refractivity contribution in [3.05, 3.63) is 28.3 Å². The number of hydrogen-bond acceptors (Lipinski definition) is 6. The number of hydrogen-bond donors (Lipinski definition) is 0. The summed E-state index contributed by atoms with van der Waals surface area (Å²) in [5, 5.41) is 4.22. The van der Waals surface area contributed by atoms with Crippen molar-refractivity contribution >= 4 is 44.7 Å². The molecular weight excluding hydrogens is 282 g/mol. The van der Waals surface area contributed by atoms with Crippen LogP contribution in [0.5, 0.6) is 0 Å². The van der Waals surface area contributed by atoms with Gasteiger partial charge in [0.1, 0.15) is 16.2 Å². The molecular formula is C12H11N3S3. The van der Waals surface area contributed by atoms with E-state index in [9.17, 15) is 0 Å². The highest BCUT2D eigenvalue weighted by atomic mass is 32.2. The standard InChI is InChI=1S/C12H11N3S3/c1-3-8-4-9-10(17-8)13-6-14-11(9)18-12-15-7(2)5-16-12/h4-6H,3H2,1-2H3. The van der Waals surface area contributed by atoms with Gasteiger partial charge in [-0.1, -0.05) is 6.92 Å². The zero-order chi connectivity index (χ0) is 12.5. The normalized spacial score (nSPS) is 11.2. The maximum Gasteiger partial charge on any atom is 0.156 e. The molecule has 3 rings (SSSR count). The molecule has 92 valence electrons. The number of fused-ring (bicyclic) bond motifs is 1. The molecule has 3 nitrogen and oxygen atoms in total. The highest BCUT2D eigenvalue weighted by Crippen LogP contribution is 2.35. The molecule has 0 spiro atoms. The summed E-state index contributed by atoms with van der Waals surface area (Å²) in [7, 11) is 0. The van der Waals surface area contributed by atoms with Crippen LogP contribution in [0.3, 0.4) is 0 Å². The maximum atomic E-state index is 4.46. The minimum absolute atomic E-state index is 1.00. The molecule has 18 heavy (non-hydrogen) atoms. The quantitative estimate of drug-likeness (QED) is 0.679. The van der Waals surface area contributed by atoms with E-state index in [-0.39, 0.29) is 0 Å². The first kappa shape index (κ1) is 12.1. The first-order chi connectivity index (χ1) is 8.76. The van der Waals surface area contributed by atoms with Crippen LogP contribution in [-0.4, -0.2) is 15.0 Å². The van der Waals surface area contributed by atoms with Gasteiger partial charge in [-0.3, -0.25) is 0 Å². The van der Waals surface area contributed by atoms with Crippen molar-refractivity contribution in [2.75, 3.05) is 0 Å². The molecule has 0 aliphatic rings. The summed E-state index contributed by atoms with van der Waals surface area (Å²) < 4.78 is 1.04. The van der Waals surface area contributed by atoms with Gasteiger partial charge in [0, 0.05) is 21.3 Å². The van der Waals surface area contributed by atoms with Gasteiger partial charge < -0.3 is 0 Å². The molecule has 0 N–H and O–H groups in total. The molecule has 0 saturated heterocycles. The fourth-order valence-corrected chi connectivity index (χ4v) is 4.42. The molecule has 0 aliphatic heterocycles. The Morgan fingerprint density at radius 3 is 2.94 bits per heavy atom. The van der Waals surface area contributed by atoms with Crippen molar-refractivity contribution in [2.45, 2.75) is 29.6 Å². The van der Waals surface area contributed by atoms with Crippen LogP contribution in [-0.2, 0) is 6.42 Å². The number of nitrogens with zero attached hydrogens (tertiary/aromatic N) is 3. The Morgan fingerprint density at radius 2 is 2.22 bits per heavy atom. The monoisotopic (exact) mass is 293 g/mol. The van der Waals surface area contributed by atoms with Gasteiger partial charge in [-0.05, 0) is 31.2 Å². The molecule has 0 amide bonds. The Morgan fingerprint density at radius 1 is 1.33 bits per heavy atom. The van der Waals surface area contributed by atoms with Crippen molar-refractivity contribution in [2.24, 2.45) is 0 Å². The lowest BCUT2D eigenvalue weighted by molar-refractivity contribution is 1.09. The molecule has 0 bridgehead atoms. The molecule has 0 fully saturated rings. The molecule has 0 unspecified atom stereocenters. The van der Waals surface area contributed by atoms with Gasteiger partial charge in [-0.15, -0.1) is 22.7 Å². The van der Waals surface area contributed by atoms with E-state index in [0.29, 0.717) is 0 Å². The first-order valence-electron chi connectivity index (χ1n) is 5.59. The van der Waals surface area contributed by atoms with E-state index < -0.39 is 0 Å². The lowest BCUT2D eigenvalue weighted by Gasteiger charge is -1.97. The smallest absolute Gasteiger partial charge is 0.156 e. The van der Waals surface area contributed by atoms with Crippen LogP contribution >= 0.6 is 34.4 Å². The first-order valence-corrected chi connectivity index (χ1v) is 8.11. The van der Waals surface area contributed by atoms with Gasteiger partial charge >= 0.3 is 0 Å². The summed E-state index contributed by atoms with van der Waals surface area (Å²) in [6.45, 7) is 4.17. The predicted octanol–water partition coefficient (Wildman–Crippen LogP) is 4.17. The van der Waals surface area contributed by atoms with E-state index in [1.165, 1.54) is 4.88 Å². The molecule has 0 atom stereocenters. The number of rotatable bonds is 3. The van der Waals surface area contributed by atoms with Crippen LogP contribution in [0, 0.1) is 6.92 Å². The molecule has 0 saturated carbocycles. The van der Waals surface area contributed by atoms with Gasteiger partial charge in [-0.2, -0.15) is 0 Å². The van der Waals surface area contributed by atoms with Gasteiger partial charge in [-0.25, -0.2) is 15.0 Å². The molecule has 3 heterocycles. The molecule has 0 aromatic carbocycles. The maximum absolute atomic E-state index is 4.46. The number of thiophene rings is 1. The zero-order valence-corrected chi connectivity index (χ0v) is 12.5. The van der Waals surface area contributed by atoms with E-state index in [0.717, 1.165) is 31.7 Å². The van der Waals surface area contributed by atoms with Crippen molar-refractivity contribution in [1.82, 2.24) is 15.0 Å². The fraction of sp³-hybridized carbons (Fsp3) is 0.250. The average Bonchev–Trinajstić information content (AvgIpc) is 2.96. The fourth-order valence-electron chi connectivity index (χ4n) is 1.60. The number of aryl methyl sites for hydroxylation is 2. The van der Waals surface area contributed by atoms with Crippen LogP contribution in [0.15, 0.2) is 27.1 Å². The van der Waals surface area contributed by atoms with E-state index in [4.69, 9.17) is 0 Å². The van der Waals surface area contributed by atoms with Crippen LogP contribution < -0.4 is 0 Å². The minimum atomic E-state index is 1.00. The SMILES string of the molecule is CCc1cc2c(Sc3nc(C)cs3)ncnc2s1. The van der Waals surface area contributed by atoms with Gasteiger partial charge in [0.05, 0.1) is 0 Å². The van der Waals surface area contributed by atoms with E-state index in [2.05, 4.69) is 33.3 Å². The highest BCUT2D eigenvalue weighted by molar-refractivity contribution is 8.01. The molecule has 3 aromatic heterocycles. The number of aromatic nitrogens is 3. The van der Waals surface area contributed by atoms with Crippen molar-refractivity contribution < 1.29 is 0 Å². The summed E-state index contributed by atoms with van der Waals surface area (Å²) in [4.78, 5) is 15.6. The lowest BCUT2D eigenvalue weighted by atomic mass is 10.3. The molecule has 6 heteroatoms. The third-order valence-electron chi connectivity index (χ3n) is 2.47. The Hall–Kier alpha value is -0.980. The summed E-state index contributed by atoms with van der Waals surface area (Å²) >= 11 is 5.03. The van der Waals surface area contributed by atoms with Crippen molar-refractivity contribution in [1.29, 1.82) is 0 Å². The predicted molar refractivity (Wildman–Crippen MR) is 77.8 cm³/mol. The topological polar surface area (TPSA) is 38.7 Å². The van der Waals surface area contributed by atoms with Crippen LogP contribution in [0.1, 0.15) is 17.5 Å². The van der Waals surface area contributed by atoms with E-state index >= 15 is 0 Å². The Bertz CT molecular complexity index is 687. The second-order valence-corrected chi connectivity index (χ2v) is 7.03. The van der Waals surface area contributed by atoms with Gasteiger partial charge in [0.25, 0.3) is 0 Å². The second kappa shape index (κ2) is 4.95. The summed E-state index contributed by atoms with van der Waals surface area (Å²) in [5.41, 5.74) is 1.06. The molecule has 0 aliphatic carbocycles. The summed E-state index contributed by atoms with van der Waals surface area (Å²) in [6.07, 6.45) is 2.68. The molecule has 3 aromatic rings. The van der Waals surface area contributed by atoms with Gasteiger partial charge in [0.2, 0.25) is 0 Å². The summed E-state index contributed by atoms with van der Waals surface area (Å²) in [5.74, 6) is 0. The largest absolute Gasteiger partial charge is 0.235 e. The van der Waals surface area contributed by atoms with Crippen molar-refractivity contribution in [3.8, 4) is 0 Å². The van der Waals surface area contributed by atoms with Crippen molar-refractivity contribution in [3.63, 3.8) is 0 Å². The molecule has 0 radical (unpaired) electrons. The van der Waals surface area contributed by atoms with E-state index in [1.54, 1.807) is 40.8 Å². The Labute approximate surface area is 117 Å². The van der Waals surface area contributed by atoms with E-state index in [1.807, 2.05) is 6.92 Å². The van der Waals surface area contributed by atoms with Crippen LogP contribution in [0.4, 0.5) is 0 Å².